The molecule has 8 aromatic rings. The first kappa shape index (κ1) is 42.0. The number of ether oxygens (including phenoxy) is 1. The Morgan fingerprint density at radius 2 is 1.66 bits per heavy atom. The van der Waals surface area contributed by atoms with Gasteiger partial charge in [0.1, 0.15) is 17.2 Å². The minimum Gasteiger partial charge on any atom is -0.376 e. The van der Waals surface area contributed by atoms with Crippen LogP contribution in [0, 0.1) is 31.4 Å². The molecular formula is C48H48F2N10O6S. The summed E-state index contributed by atoms with van der Waals surface area (Å²) >= 11 is 0. The standard InChI is InChI=1S/C48H48F2N10O6S/c1-25-17-32(18-26(2)41(25)49)59-43(57-15-14-56(46(57)62)38-12-11-36-33(42(38)50)24-51-55(36)6)40-34(53-59)21-31-8-10-37(40)60(31)67(63,64)39-20-30-19-28(29-13-16-65-47(4,5)23-29)7-9-35(30)58(39)48(22-27(48)3)44-52-45(61)66-54-44/h7,9,11-12,14-15,17-20,24,27,29,31,37H,8,10,13,16,21-23H2,1-6H3,(H,52,54,61)/t27-,29?,31+,37-,48-/m0/s1. The molecule has 3 fully saturated rings. The fraction of sp³-hybridized carbons (Fsp3) is 0.396. The van der Waals surface area contributed by atoms with Crippen LogP contribution in [-0.4, -0.2) is 74.4 Å². The number of fused-ring (bicyclic) bond motifs is 6. The number of nitrogens with zero attached hydrogens (tertiary/aromatic N) is 9. The third-order valence-electron chi connectivity index (χ3n) is 15.0. The summed E-state index contributed by atoms with van der Waals surface area (Å²) < 4.78 is 83.5. The van der Waals surface area contributed by atoms with Gasteiger partial charge in [-0.15, -0.1) is 0 Å². The number of benzene rings is 3. The van der Waals surface area contributed by atoms with Gasteiger partial charge in [-0.3, -0.25) is 23.3 Å². The first-order valence-electron chi connectivity index (χ1n) is 22.7. The predicted octanol–water partition coefficient (Wildman–Crippen LogP) is 7.13. The van der Waals surface area contributed by atoms with E-state index in [1.807, 2.05) is 17.6 Å². The SMILES string of the molecule is Cc1cc(-n2nc3c(c2-n2ccn(-c4ccc5c(cnn5C)c4F)c2=O)[C@@H]2CC[C@H](C3)N2S(=O)(=O)c2cc3cc(C4CCOC(C)(C)C4)ccc3n2[C@@]2(c3noc(=O)[nH]3)C[C@@H]2C)cc(C)c1F. The van der Waals surface area contributed by atoms with Gasteiger partial charge in [0.2, 0.25) is 0 Å². The molecule has 12 rings (SSSR count). The Morgan fingerprint density at radius 1 is 0.910 bits per heavy atom. The monoisotopic (exact) mass is 930 g/mol. The van der Waals surface area contributed by atoms with Crippen LogP contribution in [0.5, 0.6) is 0 Å². The number of H-pyrrole nitrogens is 1. The summed E-state index contributed by atoms with van der Waals surface area (Å²) in [5.74, 6) is -1.14. The van der Waals surface area contributed by atoms with Crippen molar-refractivity contribution in [3.63, 3.8) is 0 Å². The number of nitrogens with one attached hydrogen (secondary N) is 1. The number of hydrogen-bond acceptors (Lipinski definition) is 9. The molecule has 3 aliphatic heterocycles. The van der Waals surface area contributed by atoms with E-state index >= 15 is 17.2 Å². The average Bonchev–Trinajstić information content (AvgIpc) is 4.00. The van der Waals surface area contributed by atoms with Crippen molar-refractivity contribution in [2.45, 2.75) is 107 Å². The minimum absolute atomic E-state index is 0.0102. The van der Waals surface area contributed by atoms with Crippen LogP contribution >= 0.6 is 0 Å². The molecule has 1 unspecified atom stereocenters. The van der Waals surface area contributed by atoms with Gasteiger partial charge in [-0.2, -0.15) is 14.5 Å². The van der Waals surface area contributed by atoms with E-state index in [2.05, 4.69) is 41.2 Å². The van der Waals surface area contributed by atoms with E-state index in [0.717, 1.165) is 23.8 Å². The molecule has 0 spiro atoms. The number of hydrogen-bond donors (Lipinski definition) is 1. The van der Waals surface area contributed by atoms with Crippen LogP contribution in [0.1, 0.15) is 98.6 Å². The molecule has 5 aromatic heterocycles. The third-order valence-corrected chi connectivity index (χ3v) is 16.9. The van der Waals surface area contributed by atoms with Gasteiger partial charge < -0.3 is 9.30 Å². The summed E-state index contributed by atoms with van der Waals surface area (Å²) in [6.07, 6.45) is 7.70. The lowest BCUT2D eigenvalue weighted by Gasteiger charge is -2.35. The normalized spacial score (nSPS) is 23.7. The van der Waals surface area contributed by atoms with Crippen molar-refractivity contribution in [3.05, 3.63) is 134 Å². The molecule has 3 aromatic carbocycles. The van der Waals surface area contributed by atoms with Crippen molar-refractivity contribution in [2.24, 2.45) is 13.0 Å². The lowest BCUT2D eigenvalue weighted by atomic mass is 9.83. The second kappa shape index (κ2) is 14.3. The second-order valence-corrected chi connectivity index (χ2v) is 21.4. The molecule has 16 nitrogen and oxygen atoms in total. The Bertz CT molecular complexity index is 3610. The highest BCUT2D eigenvalue weighted by Gasteiger charge is 2.60. The van der Waals surface area contributed by atoms with Crippen LogP contribution < -0.4 is 11.4 Å². The molecule has 19 heteroatoms. The molecule has 1 saturated carbocycles. The van der Waals surface area contributed by atoms with Crippen molar-refractivity contribution in [2.75, 3.05) is 6.61 Å². The molecule has 0 amide bonds. The molecule has 8 heterocycles. The number of aromatic nitrogens is 9. The predicted molar refractivity (Wildman–Crippen MR) is 243 cm³/mol. The fourth-order valence-electron chi connectivity index (χ4n) is 11.7. The van der Waals surface area contributed by atoms with Crippen LogP contribution in [0.15, 0.2) is 86.3 Å². The van der Waals surface area contributed by atoms with Crippen LogP contribution in [0.3, 0.4) is 0 Å². The molecule has 2 bridgehead atoms. The zero-order valence-electron chi connectivity index (χ0n) is 37.7. The van der Waals surface area contributed by atoms with E-state index in [9.17, 15) is 9.59 Å². The molecular weight excluding hydrogens is 883 g/mol. The number of imidazole rings is 1. The maximum atomic E-state index is 16.2. The molecule has 346 valence electrons. The van der Waals surface area contributed by atoms with Gasteiger partial charge in [0.25, 0.3) is 10.0 Å². The van der Waals surface area contributed by atoms with Gasteiger partial charge >= 0.3 is 11.4 Å². The first-order valence-corrected chi connectivity index (χ1v) is 24.1. The maximum Gasteiger partial charge on any atom is 0.438 e. The van der Waals surface area contributed by atoms with E-state index in [-0.39, 0.29) is 57.4 Å². The van der Waals surface area contributed by atoms with Crippen molar-refractivity contribution < 1.29 is 26.5 Å². The Labute approximate surface area is 382 Å². The highest BCUT2D eigenvalue weighted by atomic mass is 32.2. The van der Waals surface area contributed by atoms with Crippen LogP contribution in [0.2, 0.25) is 0 Å². The van der Waals surface area contributed by atoms with Crippen molar-refractivity contribution >= 4 is 31.8 Å². The summed E-state index contributed by atoms with van der Waals surface area (Å²) in [4.78, 5) is 30.0. The van der Waals surface area contributed by atoms with Crippen LogP contribution in [-0.2, 0) is 33.8 Å². The Morgan fingerprint density at radius 3 is 2.37 bits per heavy atom. The highest BCUT2D eigenvalue weighted by molar-refractivity contribution is 7.89. The summed E-state index contributed by atoms with van der Waals surface area (Å²) in [5, 5.41) is 14.5. The molecule has 67 heavy (non-hydrogen) atoms. The number of aromatic amines is 1. The van der Waals surface area contributed by atoms with Gasteiger partial charge in [0.15, 0.2) is 16.7 Å². The lowest BCUT2D eigenvalue weighted by molar-refractivity contribution is -0.0592. The van der Waals surface area contributed by atoms with Crippen LogP contribution in [0.25, 0.3) is 39.0 Å². The first-order chi connectivity index (χ1) is 32.0. The fourth-order valence-corrected chi connectivity index (χ4v) is 13.8. The van der Waals surface area contributed by atoms with E-state index in [1.54, 1.807) is 58.8 Å². The van der Waals surface area contributed by atoms with Crippen LogP contribution in [0.4, 0.5) is 8.78 Å². The molecule has 4 aliphatic rings. The lowest BCUT2D eigenvalue weighted by Crippen LogP contribution is -2.43. The van der Waals surface area contributed by atoms with Crippen molar-refractivity contribution in [1.29, 1.82) is 0 Å². The van der Waals surface area contributed by atoms with E-state index in [4.69, 9.17) is 14.4 Å². The van der Waals surface area contributed by atoms with E-state index in [0.29, 0.717) is 65.0 Å². The summed E-state index contributed by atoms with van der Waals surface area (Å²) in [6, 6.07) is 13.1. The largest absolute Gasteiger partial charge is 0.438 e. The van der Waals surface area contributed by atoms with E-state index < -0.39 is 44.9 Å². The van der Waals surface area contributed by atoms with E-state index in [1.165, 1.54) is 33.8 Å². The Balaban J connectivity index is 1.04. The van der Waals surface area contributed by atoms with Gasteiger partial charge in [-0.05, 0) is 131 Å². The number of halogens is 2. The average molecular weight is 931 g/mol. The van der Waals surface area contributed by atoms with Gasteiger partial charge in [-0.1, -0.05) is 18.1 Å². The maximum absolute atomic E-state index is 16.2. The zero-order valence-corrected chi connectivity index (χ0v) is 38.6. The molecule has 1 N–H and O–H groups in total. The highest BCUT2D eigenvalue weighted by Crippen LogP contribution is 2.58. The third kappa shape index (κ3) is 6.05. The molecule has 0 radical (unpaired) electrons. The molecule has 2 saturated heterocycles. The van der Waals surface area contributed by atoms with Gasteiger partial charge in [0, 0.05) is 49.5 Å². The zero-order chi connectivity index (χ0) is 46.6. The quantitative estimate of drug-likeness (QED) is 0.166. The minimum atomic E-state index is -4.41. The topological polar surface area (TPSA) is 173 Å². The van der Waals surface area contributed by atoms with Crippen molar-refractivity contribution in [1.82, 2.24) is 47.7 Å². The number of rotatable bonds is 8. The second-order valence-electron chi connectivity index (χ2n) is 19.6. The summed E-state index contributed by atoms with van der Waals surface area (Å²) in [7, 11) is -2.71. The molecule has 1 aliphatic carbocycles. The smallest absolute Gasteiger partial charge is 0.376 e. The number of sulfonamides is 1. The summed E-state index contributed by atoms with van der Waals surface area (Å²) in [5.41, 5.74) is 2.71. The van der Waals surface area contributed by atoms with Gasteiger partial charge in [0.05, 0.1) is 51.3 Å². The van der Waals surface area contributed by atoms with Crippen molar-refractivity contribution in [3.8, 4) is 17.2 Å². The summed E-state index contributed by atoms with van der Waals surface area (Å²) in [6.45, 7) is 10.1. The van der Waals surface area contributed by atoms with Gasteiger partial charge in [-0.25, -0.2) is 31.5 Å². The number of aryl methyl sites for hydroxylation is 3. The Hall–Kier alpha value is -6.44. The Kier molecular flexibility index (Phi) is 8.95. The molecule has 5 atom stereocenters.